The Kier molecular flexibility index (Phi) is 10.5. The van der Waals surface area contributed by atoms with E-state index in [1.165, 1.54) is 11.7 Å². The largest absolute Gasteiger partial charge is 0.507 e. The number of rotatable bonds is 12. The molecule has 1 aliphatic rings. The average molecular weight is 624 g/mol. The van der Waals surface area contributed by atoms with E-state index in [2.05, 4.69) is 14.6 Å². The van der Waals surface area contributed by atoms with E-state index in [1.54, 1.807) is 57.2 Å². The highest BCUT2D eigenvalue weighted by molar-refractivity contribution is 7.07. The standard InChI is InChI=1S/C32H37N3O8S/c1-7-34(8-2)22-13-11-20(23(36)17-22)16-26-30(38)35-29(28(31(39)42-10-4)19(5)33-32(35)44-26)21-12-14-24(25(15-21)41-9-3)43-18-27(37)40-6/h11-17,29,36H,7-10,18H2,1-6H3/b26-16-/t29-/m0/s1. The molecule has 1 aliphatic heterocycles. The van der Waals surface area contributed by atoms with E-state index in [0.29, 0.717) is 44.3 Å². The Balaban J connectivity index is 1.87. The molecule has 12 heteroatoms. The third kappa shape index (κ3) is 6.65. The number of carbonyl (C=O) groups is 2. The van der Waals surface area contributed by atoms with Crippen LogP contribution in [0.3, 0.4) is 0 Å². The Bertz CT molecular complexity index is 1750. The van der Waals surface area contributed by atoms with Gasteiger partial charge in [-0.05, 0) is 70.5 Å². The van der Waals surface area contributed by atoms with Crippen LogP contribution in [-0.2, 0) is 19.1 Å². The van der Waals surface area contributed by atoms with Gasteiger partial charge in [-0.2, -0.15) is 0 Å². The van der Waals surface area contributed by atoms with Gasteiger partial charge in [0, 0.05) is 30.4 Å². The van der Waals surface area contributed by atoms with Gasteiger partial charge in [-0.3, -0.25) is 9.36 Å². The number of methoxy groups -OCH3 is 1. The quantitative estimate of drug-likeness (QED) is 0.302. The summed E-state index contributed by atoms with van der Waals surface area (Å²) in [5, 5.41) is 10.8. The van der Waals surface area contributed by atoms with E-state index < -0.39 is 18.0 Å². The van der Waals surface area contributed by atoms with Crippen LogP contribution in [0.4, 0.5) is 5.69 Å². The predicted molar refractivity (Wildman–Crippen MR) is 167 cm³/mol. The molecule has 234 valence electrons. The van der Waals surface area contributed by atoms with Crippen LogP contribution in [0.15, 0.2) is 57.5 Å². The lowest BCUT2D eigenvalue weighted by atomic mass is 9.95. The van der Waals surface area contributed by atoms with Crippen molar-refractivity contribution in [1.29, 1.82) is 0 Å². The first-order chi connectivity index (χ1) is 21.2. The Morgan fingerprint density at radius 1 is 1.05 bits per heavy atom. The highest BCUT2D eigenvalue weighted by Gasteiger charge is 2.34. The number of esters is 2. The maximum Gasteiger partial charge on any atom is 0.343 e. The summed E-state index contributed by atoms with van der Waals surface area (Å²) in [5.74, 6) is -0.478. The van der Waals surface area contributed by atoms with Crippen LogP contribution in [0.25, 0.3) is 6.08 Å². The Hall–Kier alpha value is -4.58. The van der Waals surface area contributed by atoms with Gasteiger partial charge in [-0.25, -0.2) is 14.6 Å². The molecule has 0 spiro atoms. The summed E-state index contributed by atoms with van der Waals surface area (Å²) < 4.78 is 23.3. The van der Waals surface area contributed by atoms with E-state index in [1.807, 2.05) is 19.9 Å². The summed E-state index contributed by atoms with van der Waals surface area (Å²) >= 11 is 1.16. The lowest BCUT2D eigenvalue weighted by Crippen LogP contribution is -2.40. The monoisotopic (exact) mass is 623 g/mol. The first kappa shape index (κ1) is 32.3. The Labute approximate surface area is 259 Å². The SMILES string of the molecule is CCOC(=O)C1=C(C)N=c2s/c(=C\c3ccc(N(CC)CC)cc3O)c(=O)n2[C@H]1c1ccc(OCC(=O)OC)c(OCC)c1. The molecule has 0 radical (unpaired) electrons. The molecule has 0 amide bonds. The fourth-order valence-electron chi connectivity index (χ4n) is 4.97. The second-order valence-electron chi connectivity index (χ2n) is 9.72. The Morgan fingerprint density at radius 2 is 1.80 bits per heavy atom. The number of aromatic nitrogens is 1. The number of nitrogens with zero attached hydrogens (tertiary/aromatic N) is 3. The number of phenolic OH excluding ortho intramolecular Hbond substituents is 1. The highest BCUT2D eigenvalue weighted by Crippen LogP contribution is 2.36. The molecule has 1 N–H and O–H groups in total. The summed E-state index contributed by atoms with van der Waals surface area (Å²) in [4.78, 5) is 46.1. The summed E-state index contributed by atoms with van der Waals surface area (Å²) in [6.45, 7) is 11.0. The van der Waals surface area contributed by atoms with Crippen molar-refractivity contribution in [2.45, 2.75) is 40.7 Å². The van der Waals surface area contributed by atoms with Crippen molar-refractivity contribution >= 4 is 35.0 Å². The van der Waals surface area contributed by atoms with Crippen LogP contribution in [0.2, 0.25) is 0 Å². The summed E-state index contributed by atoms with van der Waals surface area (Å²) in [6, 6.07) is 9.46. The number of thiazole rings is 1. The fourth-order valence-corrected chi connectivity index (χ4v) is 6.00. The van der Waals surface area contributed by atoms with Crippen LogP contribution in [-0.4, -0.2) is 61.6 Å². The van der Waals surface area contributed by atoms with Crippen LogP contribution in [0.5, 0.6) is 17.2 Å². The van der Waals surface area contributed by atoms with Gasteiger partial charge in [0.15, 0.2) is 22.9 Å². The van der Waals surface area contributed by atoms with Crippen molar-refractivity contribution in [3.8, 4) is 17.2 Å². The van der Waals surface area contributed by atoms with Gasteiger partial charge in [0.2, 0.25) is 0 Å². The minimum atomic E-state index is -0.889. The van der Waals surface area contributed by atoms with Crippen molar-refractivity contribution in [1.82, 2.24) is 4.57 Å². The number of carbonyl (C=O) groups excluding carboxylic acids is 2. The topological polar surface area (TPSA) is 129 Å². The van der Waals surface area contributed by atoms with E-state index in [-0.39, 0.29) is 30.1 Å². The van der Waals surface area contributed by atoms with Gasteiger partial charge >= 0.3 is 11.9 Å². The second kappa shape index (κ2) is 14.3. The number of phenols is 1. The van der Waals surface area contributed by atoms with Gasteiger partial charge in [0.25, 0.3) is 5.56 Å². The first-order valence-corrected chi connectivity index (χ1v) is 15.2. The van der Waals surface area contributed by atoms with Gasteiger partial charge in [0.05, 0.1) is 42.2 Å². The summed E-state index contributed by atoms with van der Waals surface area (Å²) in [6.07, 6.45) is 1.63. The van der Waals surface area contributed by atoms with Crippen molar-refractivity contribution in [3.05, 3.63) is 78.5 Å². The molecular formula is C32H37N3O8S. The van der Waals surface area contributed by atoms with Gasteiger partial charge in [0.1, 0.15) is 5.75 Å². The normalized spacial score (nSPS) is 14.5. The van der Waals surface area contributed by atoms with Gasteiger partial charge in [-0.15, -0.1) is 0 Å². The molecule has 0 aliphatic carbocycles. The zero-order valence-electron chi connectivity index (χ0n) is 25.7. The molecule has 0 saturated heterocycles. The number of allylic oxidation sites excluding steroid dienone is 1. The van der Waals surface area contributed by atoms with Crippen molar-refractivity contribution in [2.24, 2.45) is 4.99 Å². The maximum atomic E-state index is 14.0. The number of anilines is 1. The van der Waals surface area contributed by atoms with Gasteiger partial charge < -0.3 is 29.0 Å². The zero-order valence-corrected chi connectivity index (χ0v) is 26.5. The van der Waals surface area contributed by atoms with Crippen LogP contribution in [0.1, 0.15) is 51.8 Å². The average Bonchev–Trinajstić information content (AvgIpc) is 3.31. The molecule has 1 aromatic heterocycles. The van der Waals surface area contributed by atoms with E-state index in [4.69, 9.17) is 14.2 Å². The molecule has 44 heavy (non-hydrogen) atoms. The maximum absolute atomic E-state index is 14.0. The molecular weight excluding hydrogens is 586 g/mol. The van der Waals surface area contributed by atoms with Crippen LogP contribution < -0.4 is 29.3 Å². The third-order valence-corrected chi connectivity index (χ3v) is 8.09. The van der Waals surface area contributed by atoms with E-state index in [0.717, 1.165) is 30.1 Å². The first-order valence-electron chi connectivity index (χ1n) is 14.4. The number of benzene rings is 2. The van der Waals surface area contributed by atoms with Crippen molar-refractivity contribution in [2.75, 3.05) is 44.9 Å². The summed E-state index contributed by atoms with van der Waals surface area (Å²) in [7, 11) is 1.27. The number of hydrogen-bond donors (Lipinski definition) is 1. The molecule has 4 rings (SSSR count). The summed E-state index contributed by atoms with van der Waals surface area (Å²) in [5.41, 5.74) is 2.15. The molecule has 3 aromatic rings. The second-order valence-corrected chi connectivity index (χ2v) is 10.7. The minimum absolute atomic E-state index is 0.0454. The number of fused-ring (bicyclic) bond motifs is 1. The third-order valence-electron chi connectivity index (χ3n) is 7.10. The number of aromatic hydroxyl groups is 1. The smallest absolute Gasteiger partial charge is 0.343 e. The fraction of sp³-hybridized carbons (Fsp3) is 0.375. The molecule has 2 aromatic carbocycles. The van der Waals surface area contributed by atoms with Crippen molar-refractivity contribution in [3.63, 3.8) is 0 Å². The lowest BCUT2D eigenvalue weighted by Gasteiger charge is -2.25. The minimum Gasteiger partial charge on any atom is -0.507 e. The van der Waals surface area contributed by atoms with Crippen molar-refractivity contribution < 1.29 is 33.6 Å². The lowest BCUT2D eigenvalue weighted by molar-refractivity contribution is -0.143. The molecule has 11 nitrogen and oxygen atoms in total. The number of ether oxygens (including phenoxy) is 4. The molecule has 0 bridgehead atoms. The molecule has 0 fully saturated rings. The zero-order chi connectivity index (χ0) is 32.0. The number of hydrogen-bond acceptors (Lipinski definition) is 11. The molecule has 0 unspecified atom stereocenters. The van der Waals surface area contributed by atoms with Crippen LogP contribution in [0, 0.1) is 0 Å². The molecule has 0 saturated carbocycles. The predicted octanol–water partition coefficient (Wildman–Crippen LogP) is 3.30. The van der Waals surface area contributed by atoms with E-state index >= 15 is 0 Å². The Morgan fingerprint density at radius 3 is 2.43 bits per heavy atom. The molecule has 1 atom stereocenters. The highest BCUT2D eigenvalue weighted by atomic mass is 32.1. The van der Waals surface area contributed by atoms with Crippen LogP contribution >= 0.6 is 11.3 Å². The van der Waals surface area contributed by atoms with E-state index in [9.17, 15) is 19.5 Å². The molecule has 2 heterocycles. The van der Waals surface area contributed by atoms with Gasteiger partial charge in [-0.1, -0.05) is 17.4 Å².